The van der Waals surface area contributed by atoms with Crippen molar-refractivity contribution in [2.45, 2.75) is 57.5 Å². The number of hydroxylamine groups is 2. The number of aromatic nitrogens is 1. The molecule has 22 heteroatoms. The molecular formula is C28H40N10O10S2. The number of nitrogen functional groups attached to an aromatic ring is 1. The molecule has 20 nitrogen and oxygen atoms in total. The normalized spacial score (nSPS) is 17.5. The number of guanidine groups is 1. The fourth-order valence-corrected chi connectivity index (χ4v) is 6.16. The molecule has 2 amide bonds. The van der Waals surface area contributed by atoms with Crippen LogP contribution in [0.1, 0.15) is 43.5 Å². The van der Waals surface area contributed by atoms with Gasteiger partial charge in [-0.3, -0.25) is 19.6 Å². The molecule has 1 aromatic heterocycles. The fraction of sp³-hybridized carbons (Fsp3) is 0.500. The van der Waals surface area contributed by atoms with Gasteiger partial charge in [0.25, 0.3) is 17.9 Å². The first kappa shape index (κ1) is 38.2. The van der Waals surface area contributed by atoms with Gasteiger partial charge in [-0.25, -0.2) is 9.78 Å². The van der Waals surface area contributed by atoms with Crippen LogP contribution in [0.5, 0.6) is 5.75 Å². The number of benzene rings is 1. The Labute approximate surface area is 291 Å². The zero-order valence-electron chi connectivity index (χ0n) is 27.3. The van der Waals surface area contributed by atoms with Crippen molar-refractivity contribution in [3.63, 3.8) is 0 Å². The molecule has 2 aliphatic heterocycles. The molecule has 2 aliphatic rings. The summed E-state index contributed by atoms with van der Waals surface area (Å²) in [5, 5.41) is 26.5. The summed E-state index contributed by atoms with van der Waals surface area (Å²) in [7, 11) is -5.03. The average Bonchev–Trinajstić information content (AvgIpc) is 3.68. The van der Waals surface area contributed by atoms with Crippen LogP contribution in [-0.4, -0.2) is 118 Å². The number of anilines is 1. The minimum absolute atomic E-state index is 0.0514. The zero-order chi connectivity index (χ0) is 36.8. The van der Waals surface area contributed by atoms with Crippen LogP contribution in [0.15, 0.2) is 28.7 Å². The maximum absolute atomic E-state index is 13.3. The predicted molar refractivity (Wildman–Crippen MR) is 179 cm³/mol. The van der Waals surface area contributed by atoms with Crippen molar-refractivity contribution in [2.24, 2.45) is 16.6 Å². The number of β-lactam (4-membered cyclic amide) rings is 1. The van der Waals surface area contributed by atoms with Crippen LogP contribution in [-0.2, 0) is 47.0 Å². The Morgan fingerprint density at radius 2 is 1.88 bits per heavy atom. The second-order valence-electron chi connectivity index (χ2n) is 11.8. The fourth-order valence-electron chi connectivity index (χ4n) is 5.15. The molecule has 3 heterocycles. The van der Waals surface area contributed by atoms with E-state index in [1.165, 1.54) is 19.2 Å². The van der Waals surface area contributed by atoms with Gasteiger partial charge < -0.3 is 47.0 Å². The van der Waals surface area contributed by atoms with Gasteiger partial charge in [0.1, 0.15) is 24.1 Å². The summed E-state index contributed by atoms with van der Waals surface area (Å²) in [6.45, 7) is 5.42. The number of oxime groups is 1. The number of nitrogens with two attached hydrogens (primary N) is 3. The van der Waals surface area contributed by atoms with E-state index in [0.29, 0.717) is 56.0 Å². The van der Waals surface area contributed by atoms with Gasteiger partial charge in [-0.05, 0) is 63.0 Å². The molecule has 4 rings (SSSR count). The molecule has 2 aromatic rings. The van der Waals surface area contributed by atoms with Gasteiger partial charge in [0.2, 0.25) is 0 Å². The maximum atomic E-state index is 13.3. The van der Waals surface area contributed by atoms with Gasteiger partial charge >= 0.3 is 16.4 Å². The van der Waals surface area contributed by atoms with Gasteiger partial charge in [0.05, 0.1) is 5.54 Å². The van der Waals surface area contributed by atoms with Crippen LogP contribution in [0.3, 0.4) is 0 Å². The summed E-state index contributed by atoms with van der Waals surface area (Å²) < 4.78 is 41.2. The summed E-state index contributed by atoms with van der Waals surface area (Å²) in [5.74, 6) is -2.79. The number of amides is 2. The predicted octanol–water partition coefficient (Wildman–Crippen LogP) is -0.932. The van der Waals surface area contributed by atoms with Gasteiger partial charge in [0, 0.05) is 31.6 Å². The summed E-state index contributed by atoms with van der Waals surface area (Å²) in [6.07, 6.45) is -0.233. The van der Waals surface area contributed by atoms with E-state index in [1.54, 1.807) is 12.1 Å². The highest BCUT2D eigenvalue weighted by atomic mass is 32.3. The largest absolute Gasteiger partial charge is 0.489 e. The van der Waals surface area contributed by atoms with Crippen molar-refractivity contribution in [2.75, 3.05) is 38.5 Å². The summed E-state index contributed by atoms with van der Waals surface area (Å²) in [5.41, 5.74) is 16.9. The maximum Gasteiger partial charge on any atom is 0.418 e. The Bertz CT molecular complexity index is 1730. The number of carbonyl (C=O) groups excluding carboxylic acids is 2. The molecule has 274 valence electrons. The molecule has 50 heavy (non-hydrogen) atoms. The molecule has 1 saturated heterocycles. The molecule has 1 fully saturated rings. The third-order valence-electron chi connectivity index (χ3n) is 7.81. The Kier molecular flexibility index (Phi) is 12.2. The number of aliphatic carboxylic acids is 1. The lowest BCUT2D eigenvalue weighted by atomic mass is 9.84. The van der Waals surface area contributed by atoms with E-state index in [-0.39, 0.29) is 10.8 Å². The smallest absolute Gasteiger partial charge is 0.418 e. The number of carboxylic acid groups (broad SMARTS) is 1. The Hall–Kier alpha value is -4.61. The quantitative estimate of drug-likeness (QED) is 0.0339. The highest BCUT2D eigenvalue weighted by molar-refractivity contribution is 7.80. The number of nitrogens with one attached hydrogen (secondary N) is 2. The van der Waals surface area contributed by atoms with Gasteiger partial charge in [-0.2, -0.15) is 13.5 Å². The Morgan fingerprint density at radius 1 is 1.22 bits per heavy atom. The SMILES string of the molecule is CC1(C)[C@H](NC(=O)/C(=N\O[C@@H](COc2ccc3c(c2)CN(C(=N)N(CCCN)CCCN)C3)C(=O)O)c2csc(N)n2)C(=O)N1OS(=O)(=O)O. The molecule has 2 atom stereocenters. The van der Waals surface area contributed by atoms with Crippen LogP contribution in [0.25, 0.3) is 0 Å². The lowest BCUT2D eigenvalue weighted by Gasteiger charge is -2.50. The van der Waals surface area contributed by atoms with Gasteiger partial charge in [-0.1, -0.05) is 11.2 Å². The molecule has 0 radical (unpaired) electrons. The first-order chi connectivity index (χ1) is 23.5. The molecule has 0 aliphatic carbocycles. The third-order valence-corrected chi connectivity index (χ3v) is 8.82. The van der Waals surface area contributed by atoms with Crippen molar-refractivity contribution in [1.29, 1.82) is 5.41 Å². The van der Waals surface area contributed by atoms with Crippen molar-refractivity contribution in [1.82, 2.24) is 25.2 Å². The van der Waals surface area contributed by atoms with Crippen LogP contribution in [0.2, 0.25) is 0 Å². The highest BCUT2D eigenvalue weighted by Crippen LogP contribution is 2.33. The molecule has 1 aromatic carbocycles. The van der Waals surface area contributed by atoms with E-state index in [0.717, 1.165) is 35.3 Å². The average molecular weight is 741 g/mol. The number of hydrogen-bond acceptors (Lipinski definition) is 15. The lowest BCUT2D eigenvalue weighted by Crippen LogP contribution is -2.76. The molecule has 0 saturated carbocycles. The van der Waals surface area contributed by atoms with Crippen LogP contribution in [0.4, 0.5) is 5.13 Å². The second-order valence-corrected chi connectivity index (χ2v) is 13.7. The van der Waals surface area contributed by atoms with E-state index in [9.17, 15) is 27.9 Å². The minimum Gasteiger partial charge on any atom is -0.489 e. The van der Waals surface area contributed by atoms with Crippen LogP contribution in [0, 0.1) is 5.41 Å². The van der Waals surface area contributed by atoms with E-state index in [4.69, 9.17) is 36.7 Å². The molecular weight excluding hydrogens is 701 g/mol. The Morgan fingerprint density at radius 3 is 2.44 bits per heavy atom. The number of carboxylic acids is 1. The van der Waals surface area contributed by atoms with Crippen LogP contribution >= 0.6 is 11.3 Å². The summed E-state index contributed by atoms with van der Waals surface area (Å²) >= 11 is 0.954. The number of carbonyl (C=O) groups is 3. The molecule has 0 bridgehead atoms. The Balaban J connectivity index is 1.43. The van der Waals surface area contributed by atoms with Gasteiger partial charge in [0.15, 0.2) is 16.8 Å². The number of rotatable bonds is 17. The second kappa shape index (κ2) is 15.9. The number of hydrogen-bond donors (Lipinski definition) is 7. The van der Waals surface area contributed by atoms with E-state index < -0.39 is 58.2 Å². The van der Waals surface area contributed by atoms with E-state index in [2.05, 4.69) is 19.7 Å². The molecule has 0 spiro atoms. The topological polar surface area (TPSA) is 302 Å². The van der Waals surface area contributed by atoms with E-state index >= 15 is 0 Å². The number of nitrogens with zero attached hydrogens (tertiary/aromatic N) is 5. The minimum atomic E-state index is -5.03. The van der Waals surface area contributed by atoms with Crippen molar-refractivity contribution in [3.8, 4) is 5.75 Å². The van der Waals surface area contributed by atoms with Gasteiger partial charge in [-0.15, -0.1) is 15.6 Å². The van der Waals surface area contributed by atoms with E-state index in [1.807, 2.05) is 15.9 Å². The summed E-state index contributed by atoms with van der Waals surface area (Å²) in [4.78, 5) is 51.0. The van der Waals surface area contributed by atoms with Crippen molar-refractivity contribution < 1.29 is 46.3 Å². The zero-order valence-corrected chi connectivity index (χ0v) is 28.9. The number of ether oxygens (including phenoxy) is 1. The van der Waals surface area contributed by atoms with Crippen molar-refractivity contribution in [3.05, 3.63) is 40.4 Å². The summed E-state index contributed by atoms with van der Waals surface area (Å²) in [6, 6.07) is 3.91. The number of fused-ring (bicyclic) bond motifs is 1. The number of thiazole rings is 1. The lowest BCUT2D eigenvalue weighted by molar-refractivity contribution is -0.218. The molecule has 10 N–H and O–H groups in total. The first-order valence-electron chi connectivity index (χ1n) is 15.3. The standard InChI is InChI=1S/C28H40N10O10S2/c1-28(2)22(24(40)38(28)48-50(43,44)45)34-23(39)21(19-15-49-26(31)33-19)35-47-20(25(41)42)14-46-18-6-5-16-12-37(13-17(16)11-18)27(32)36(9-3-7-29)10-4-8-30/h5-6,11,15,20,22,32H,3-4,7-10,12-14,29-30H2,1-2H3,(H2,31,33)(H,34,39)(H,41,42)(H,43,44,45)/b32-27?,35-21-/t20-,22+/m0/s1. The highest BCUT2D eigenvalue weighted by Gasteiger charge is 2.58. The van der Waals surface area contributed by atoms with Crippen molar-refractivity contribution >= 4 is 56.3 Å². The molecule has 0 unspecified atom stereocenters. The van der Waals surface area contributed by atoms with Crippen LogP contribution < -0.4 is 27.3 Å². The monoisotopic (exact) mass is 740 g/mol. The third kappa shape index (κ3) is 9.13. The first-order valence-corrected chi connectivity index (χ1v) is 17.5.